The molecule has 2 aliphatic carbocycles. The van der Waals surface area contributed by atoms with Gasteiger partial charge in [0.25, 0.3) is 0 Å². The van der Waals surface area contributed by atoms with Crippen LogP contribution >= 0.6 is 12.2 Å². The van der Waals surface area contributed by atoms with Gasteiger partial charge in [0.15, 0.2) is 0 Å². The van der Waals surface area contributed by atoms with Crippen LogP contribution in [0.15, 0.2) is 0 Å². The van der Waals surface area contributed by atoms with E-state index in [1.807, 2.05) is 0 Å². The number of carbonyl (C=O) groups is 1. The lowest BCUT2D eigenvalue weighted by molar-refractivity contribution is -0.172. The van der Waals surface area contributed by atoms with Crippen LogP contribution < -0.4 is 11.1 Å². The van der Waals surface area contributed by atoms with Gasteiger partial charge in [-0.1, -0.05) is 37.9 Å². The third kappa shape index (κ3) is 2.64. The fraction of sp³-hybridized carbons (Fsp3) is 0.846. The maximum Gasteiger partial charge on any atom is 0.411 e. The highest BCUT2D eigenvalue weighted by Gasteiger charge is 2.65. The van der Waals surface area contributed by atoms with Gasteiger partial charge in [0.1, 0.15) is 5.54 Å². The predicted octanol–water partition coefficient (Wildman–Crippen LogP) is 2.82. The number of amides is 1. The highest BCUT2D eigenvalue weighted by molar-refractivity contribution is 7.80. The number of carbonyl (C=O) groups excluding carboxylic acids is 1. The van der Waals surface area contributed by atoms with Crippen LogP contribution in [0.25, 0.3) is 0 Å². The Labute approximate surface area is 121 Å². The van der Waals surface area contributed by atoms with E-state index in [1.165, 1.54) is 0 Å². The van der Waals surface area contributed by atoms with Crippen molar-refractivity contribution >= 4 is 23.1 Å². The molecule has 114 valence electrons. The number of alkyl halides is 3. The number of nitrogens with one attached hydrogen (secondary N) is 1. The van der Waals surface area contributed by atoms with Gasteiger partial charge in [-0.15, -0.1) is 0 Å². The van der Waals surface area contributed by atoms with E-state index in [9.17, 15) is 18.0 Å². The molecule has 0 unspecified atom stereocenters. The molecule has 2 saturated carbocycles. The third-order valence-electron chi connectivity index (χ3n) is 4.51. The molecule has 1 amide bonds. The van der Waals surface area contributed by atoms with Crippen molar-refractivity contribution in [2.24, 2.45) is 11.1 Å². The Morgan fingerprint density at radius 1 is 1.05 bits per heavy atom. The molecule has 0 heterocycles. The predicted molar refractivity (Wildman–Crippen MR) is 73.1 cm³/mol. The van der Waals surface area contributed by atoms with Crippen LogP contribution in [0.3, 0.4) is 0 Å². The average molecular weight is 308 g/mol. The maximum atomic E-state index is 13.0. The summed E-state index contributed by atoms with van der Waals surface area (Å²) in [6.45, 7) is 0. The van der Waals surface area contributed by atoms with Gasteiger partial charge in [-0.3, -0.25) is 4.79 Å². The van der Waals surface area contributed by atoms with Crippen LogP contribution in [-0.2, 0) is 4.79 Å². The van der Waals surface area contributed by atoms with E-state index in [2.05, 4.69) is 5.32 Å². The topological polar surface area (TPSA) is 55.1 Å². The summed E-state index contributed by atoms with van der Waals surface area (Å²) in [4.78, 5) is 12.5. The molecule has 3 N–H and O–H groups in total. The molecule has 0 aliphatic heterocycles. The second kappa shape index (κ2) is 5.16. The molecule has 0 saturated heterocycles. The van der Waals surface area contributed by atoms with Crippen molar-refractivity contribution in [2.45, 2.75) is 63.1 Å². The number of rotatable bonds is 3. The van der Waals surface area contributed by atoms with Crippen molar-refractivity contribution in [1.29, 1.82) is 0 Å². The minimum atomic E-state index is -4.41. The van der Waals surface area contributed by atoms with Crippen LogP contribution in [0.4, 0.5) is 13.2 Å². The fourth-order valence-electron chi connectivity index (χ4n) is 2.86. The molecule has 0 aromatic rings. The highest BCUT2D eigenvalue weighted by atomic mass is 32.1. The normalized spacial score (nSPS) is 24.6. The smallest absolute Gasteiger partial charge is 0.392 e. The van der Waals surface area contributed by atoms with Gasteiger partial charge in [-0.2, -0.15) is 13.2 Å². The first-order valence-corrected chi connectivity index (χ1v) is 7.34. The molecule has 2 fully saturated rings. The molecule has 2 rings (SSSR count). The zero-order valence-electron chi connectivity index (χ0n) is 11.2. The van der Waals surface area contributed by atoms with E-state index in [0.717, 1.165) is 25.7 Å². The average Bonchev–Trinajstić information content (AvgIpc) is 3.10. The van der Waals surface area contributed by atoms with Crippen molar-refractivity contribution < 1.29 is 18.0 Å². The van der Waals surface area contributed by atoms with E-state index in [-0.39, 0.29) is 17.8 Å². The molecule has 3 nitrogen and oxygen atoms in total. The lowest BCUT2D eigenvalue weighted by atomic mass is 9.79. The van der Waals surface area contributed by atoms with Gasteiger partial charge >= 0.3 is 6.18 Å². The summed E-state index contributed by atoms with van der Waals surface area (Å²) >= 11 is 5.00. The van der Waals surface area contributed by atoms with Crippen molar-refractivity contribution in [2.75, 3.05) is 0 Å². The van der Waals surface area contributed by atoms with Crippen LogP contribution in [0.2, 0.25) is 0 Å². The summed E-state index contributed by atoms with van der Waals surface area (Å²) in [5.74, 6) is -0.637. The molecule has 2 aliphatic rings. The standard InChI is InChI=1S/C13H19F3N2OS/c14-13(15,16)12(7-8-12)18-10(19)11(9(17)20)5-3-1-2-4-6-11/h1-8H2,(H2,17,20)(H,18,19). The summed E-state index contributed by atoms with van der Waals surface area (Å²) in [6.07, 6.45) is -0.183. The Morgan fingerprint density at radius 3 is 1.90 bits per heavy atom. The Morgan fingerprint density at radius 2 is 1.55 bits per heavy atom. The molecule has 20 heavy (non-hydrogen) atoms. The van der Waals surface area contributed by atoms with Crippen LogP contribution in [0.5, 0.6) is 0 Å². The van der Waals surface area contributed by atoms with Crippen molar-refractivity contribution in [1.82, 2.24) is 5.32 Å². The second-order valence-electron chi connectivity index (χ2n) is 5.89. The zero-order valence-corrected chi connectivity index (χ0v) is 12.0. The lowest BCUT2D eigenvalue weighted by Gasteiger charge is -2.33. The minimum absolute atomic E-state index is 0.0230. The summed E-state index contributed by atoms with van der Waals surface area (Å²) in [5, 5.41) is 2.20. The number of nitrogens with two attached hydrogens (primary N) is 1. The largest absolute Gasteiger partial charge is 0.411 e. The van der Waals surface area contributed by atoms with E-state index in [1.54, 1.807) is 0 Å². The van der Waals surface area contributed by atoms with Crippen LogP contribution in [0, 0.1) is 5.41 Å². The molecule has 0 atom stereocenters. The number of hydrogen-bond donors (Lipinski definition) is 2. The van der Waals surface area contributed by atoms with Gasteiger partial charge in [0, 0.05) is 0 Å². The lowest BCUT2D eigenvalue weighted by Crippen LogP contribution is -2.56. The second-order valence-corrected chi connectivity index (χ2v) is 6.33. The van der Waals surface area contributed by atoms with E-state index >= 15 is 0 Å². The first kappa shape index (κ1) is 15.5. The Kier molecular flexibility index (Phi) is 4.01. The molecule has 0 spiro atoms. The molecule has 7 heteroatoms. The summed E-state index contributed by atoms with van der Waals surface area (Å²) in [6, 6.07) is 0. The van der Waals surface area contributed by atoms with Gasteiger partial charge in [-0.05, 0) is 25.7 Å². The van der Waals surface area contributed by atoms with Crippen molar-refractivity contribution in [3.05, 3.63) is 0 Å². The van der Waals surface area contributed by atoms with Crippen molar-refractivity contribution in [3.8, 4) is 0 Å². The van der Waals surface area contributed by atoms with Crippen LogP contribution in [0.1, 0.15) is 51.4 Å². The first-order chi connectivity index (χ1) is 9.24. The zero-order chi connectivity index (χ0) is 15.0. The quantitative estimate of drug-likeness (QED) is 0.623. The van der Waals surface area contributed by atoms with Gasteiger partial charge in [0.2, 0.25) is 5.91 Å². The summed E-state index contributed by atoms with van der Waals surface area (Å²) in [5.41, 5.74) is 2.56. The maximum absolute atomic E-state index is 13.0. The molecule has 0 bridgehead atoms. The molecule has 0 radical (unpaired) electrons. The number of hydrogen-bond acceptors (Lipinski definition) is 2. The van der Waals surface area contributed by atoms with E-state index in [0.29, 0.717) is 12.8 Å². The Hall–Kier alpha value is -0.850. The molecular weight excluding hydrogens is 289 g/mol. The Bertz CT molecular complexity index is 410. The summed E-state index contributed by atoms with van der Waals surface area (Å²) in [7, 11) is 0. The fourth-order valence-corrected chi connectivity index (χ4v) is 3.16. The number of thiocarbonyl (C=S) groups is 1. The van der Waals surface area contributed by atoms with E-state index in [4.69, 9.17) is 18.0 Å². The molecule has 0 aromatic heterocycles. The SMILES string of the molecule is NC(=S)C1(C(=O)NC2(C(F)(F)F)CC2)CCCCCC1. The summed E-state index contributed by atoms with van der Waals surface area (Å²) < 4.78 is 38.9. The first-order valence-electron chi connectivity index (χ1n) is 6.93. The monoisotopic (exact) mass is 308 g/mol. The van der Waals surface area contributed by atoms with Crippen molar-refractivity contribution in [3.63, 3.8) is 0 Å². The Balaban J connectivity index is 2.18. The van der Waals surface area contributed by atoms with Gasteiger partial charge in [0.05, 0.1) is 10.4 Å². The van der Waals surface area contributed by atoms with Crippen LogP contribution in [-0.4, -0.2) is 22.6 Å². The molecular formula is C13H19F3N2OS. The van der Waals surface area contributed by atoms with E-state index < -0.39 is 23.0 Å². The third-order valence-corrected chi connectivity index (χ3v) is 4.90. The van der Waals surface area contributed by atoms with Gasteiger partial charge < -0.3 is 11.1 Å². The minimum Gasteiger partial charge on any atom is -0.392 e. The van der Waals surface area contributed by atoms with Gasteiger partial charge in [-0.25, -0.2) is 0 Å². The highest BCUT2D eigenvalue weighted by Crippen LogP contribution is 2.50. The number of halogens is 3. The molecule has 0 aromatic carbocycles.